The van der Waals surface area contributed by atoms with Crippen molar-refractivity contribution in [2.24, 2.45) is 0 Å². The molecule has 0 unspecified atom stereocenters. The van der Waals surface area contributed by atoms with Gasteiger partial charge in [0, 0.05) is 53.0 Å². The monoisotopic (exact) mass is 742 g/mol. The lowest BCUT2D eigenvalue weighted by Gasteiger charge is -2.15. The Kier molecular flexibility index (Phi) is 7.13. The number of benzene rings is 9. The minimum atomic E-state index is 1.17. The van der Waals surface area contributed by atoms with Crippen LogP contribution in [0, 0.1) is 0 Å². The summed E-state index contributed by atoms with van der Waals surface area (Å²) in [7, 11) is 0. The minimum absolute atomic E-state index is 1.17. The lowest BCUT2D eigenvalue weighted by Crippen LogP contribution is -1.97. The Hall–Kier alpha value is -7.20. The molecule has 0 saturated carbocycles. The summed E-state index contributed by atoms with van der Waals surface area (Å²) < 4.78 is 7.50. The second kappa shape index (κ2) is 12.7. The first-order chi connectivity index (χ1) is 28.3. The van der Waals surface area contributed by atoms with Gasteiger partial charge < -0.3 is 9.13 Å². The third kappa shape index (κ3) is 4.96. The fraction of sp³-hybridized carbons (Fsp3) is 0. The van der Waals surface area contributed by atoms with Gasteiger partial charge in [-0.2, -0.15) is 0 Å². The van der Waals surface area contributed by atoms with Crippen LogP contribution in [0.4, 0.5) is 0 Å². The van der Waals surface area contributed by atoms with Gasteiger partial charge in [-0.25, -0.2) is 0 Å². The smallest absolute Gasteiger partial charge is 0.0541 e. The van der Waals surface area contributed by atoms with Crippen LogP contribution in [0.1, 0.15) is 0 Å². The van der Waals surface area contributed by atoms with Crippen molar-refractivity contribution in [1.29, 1.82) is 0 Å². The van der Waals surface area contributed by atoms with E-state index in [0.717, 1.165) is 0 Å². The zero-order valence-corrected chi connectivity index (χ0v) is 31.7. The quantitative estimate of drug-likeness (QED) is 0.166. The molecular weight excluding hydrogens is 709 g/mol. The van der Waals surface area contributed by atoms with E-state index in [-0.39, 0.29) is 0 Å². The predicted molar refractivity (Wildman–Crippen MR) is 244 cm³/mol. The van der Waals surface area contributed by atoms with Crippen LogP contribution in [0.2, 0.25) is 0 Å². The summed E-state index contributed by atoms with van der Waals surface area (Å²) >= 11 is 1.89. The molecule has 9 aromatic carbocycles. The van der Waals surface area contributed by atoms with Gasteiger partial charge in [0.2, 0.25) is 0 Å². The van der Waals surface area contributed by atoms with Crippen LogP contribution in [0.15, 0.2) is 206 Å². The zero-order valence-electron chi connectivity index (χ0n) is 30.9. The summed E-state index contributed by atoms with van der Waals surface area (Å²) in [6, 6.07) is 75.6. The first kappa shape index (κ1) is 32.1. The van der Waals surface area contributed by atoms with Crippen molar-refractivity contribution in [2.75, 3.05) is 0 Å². The van der Waals surface area contributed by atoms with Gasteiger partial charge in [-0.3, -0.25) is 0 Å². The summed E-state index contributed by atoms with van der Waals surface area (Å²) in [5.74, 6) is 0. The van der Waals surface area contributed by atoms with E-state index < -0.39 is 0 Å². The van der Waals surface area contributed by atoms with E-state index in [4.69, 9.17) is 0 Å². The Balaban J connectivity index is 0.998. The predicted octanol–water partition coefficient (Wildman–Crippen LogP) is 15.2. The third-order valence-electron chi connectivity index (χ3n) is 11.7. The molecule has 3 aromatic heterocycles. The molecule has 3 heterocycles. The summed E-state index contributed by atoms with van der Waals surface area (Å²) in [5, 5.41) is 7.68. The van der Waals surface area contributed by atoms with Crippen molar-refractivity contribution in [3.8, 4) is 44.8 Å². The van der Waals surface area contributed by atoms with Gasteiger partial charge in [-0.1, -0.05) is 140 Å². The molecule has 0 aliphatic heterocycles. The van der Waals surface area contributed by atoms with E-state index in [1.807, 2.05) is 11.3 Å². The molecule has 12 rings (SSSR count). The minimum Gasteiger partial charge on any atom is -0.309 e. The molecule has 2 nitrogen and oxygen atoms in total. The van der Waals surface area contributed by atoms with Crippen LogP contribution in [0.3, 0.4) is 0 Å². The maximum Gasteiger partial charge on any atom is 0.0541 e. The van der Waals surface area contributed by atoms with Crippen LogP contribution in [0.5, 0.6) is 0 Å². The lowest BCUT2D eigenvalue weighted by molar-refractivity contribution is 1.18. The third-order valence-corrected chi connectivity index (χ3v) is 12.9. The van der Waals surface area contributed by atoms with Crippen LogP contribution < -0.4 is 0 Å². The molecule has 0 atom stereocenters. The van der Waals surface area contributed by atoms with Gasteiger partial charge in [0.1, 0.15) is 0 Å². The fourth-order valence-corrected chi connectivity index (χ4v) is 10.4. The normalized spacial score (nSPS) is 11.9. The van der Waals surface area contributed by atoms with Crippen molar-refractivity contribution < 1.29 is 0 Å². The molecule has 0 saturated heterocycles. The Labute approximate surface area is 333 Å². The molecule has 0 aliphatic carbocycles. The zero-order chi connectivity index (χ0) is 37.5. The first-order valence-electron chi connectivity index (χ1n) is 19.5. The van der Waals surface area contributed by atoms with Crippen LogP contribution >= 0.6 is 11.3 Å². The van der Waals surface area contributed by atoms with Crippen LogP contribution in [-0.2, 0) is 0 Å². The summed E-state index contributed by atoms with van der Waals surface area (Å²) in [6.07, 6.45) is 0. The van der Waals surface area contributed by atoms with E-state index in [1.165, 1.54) is 109 Å². The second-order valence-electron chi connectivity index (χ2n) is 14.9. The molecule has 0 bridgehead atoms. The van der Waals surface area contributed by atoms with Gasteiger partial charge in [0.25, 0.3) is 0 Å². The standard InChI is InChI=1S/C54H34N2S/c1-2-16-39(17-3-1)55-49-25-9-5-19-42(49)46-33-36(28-30-51(46)55)35-14-12-15-37(32-35)40-18-4-8-24-48(40)56-50-26-10-6-20-43(50)47-34-38(29-31-52(47)56)41-22-13-23-45-44-21-7-11-27-53(44)57-54(41)45/h1-34H. The number of rotatable bonds is 5. The van der Waals surface area contributed by atoms with E-state index in [1.54, 1.807) is 0 Å². The number of fused-ring (bicyclic) bond motifs is 9. The topological polar surface area (TPSA) is 9.86 Å². The molecule has 266 valence electrons. The Bertz CT molecular complexity index is 3530. The Morgan fingerprint density at radius 2 is 0.825 bits per heavy atom. The number of para-hydroxylation sites is 4. The maximum atomic E-state index is 2.46. The molecule has 0 aliphatic rings. The molecule has 0 spiro atoms. The molecule has 12 aromatic rings. The molecule has 0 fully saturated rings. The van der Waals surface area contributed by atoms with Gasteiger partial charge >= 0.3 is 0 Å². The van der Waals surface area contributed by atoms with E-state index in [0.29, 0.717) is 0 Å². The maximum absolute atomic E-state index is 2.46. The highest BCUT2D eigenvalue weighted by molar-refractivity contribution is 7.26. The molecule has 0 N–H and O–H groups in total. The first-order valence-corrected chi connectivity index (χ1v) is 20.3. The highest BCUT2D eigenvalue weighted by atomic mass is 32.1. The largest absolute Gasteiger partial charge is 0.309 e. The van der Waals surface area contributed by atoms with E-state index in [2.05, 4.69) is 215 Å². The van der Waals surface area contributed by atoms with Gasteiger partial charge in [-0.15, -0.1) is 11.3 Å². The molecule has 0 radical (unpaired) electrons. The second-order valence-corrected chi connectivity index (χ2v) is 15.9. The molecule has 57 heavy (non-hydrogen) atoms. The lowest BCUT2D eigenvalue weighted by atomic mass is 9.97. The summed E-state index contributed by atoms with van der Waals surface area (Å²) in [4.78, 5) is 0. The number of hydrogen-bond acceptors (Lipinski definition) is 1. The van der Waals surface area contributed by atoms with Crippen LogP contribution in [0.25, 0.3) is 109 Å². The highest BCUT2D eigenvalue weighted by Crippen LogP contribution is 2.43. The molecule has 0 amide bonds. The Morgan fingerprint density at radius 1 is 0.298 bits per heavy atom. The molecule has 3 heteroatoms. The van der Waals surface area contributed by atoms with E-state index >= 15 is 0 Å². The number of nitrogens with zero attached hydrogens (tertiary/aromatic N) is 2. The van der Waals surface area contributed by atoms with Crippen molar-refractivity contribution in [1.82, 2.24) is 9.13 Å². The number of aromatic nitrogens is 2. The summed E-state index contributed by atoms with van der Waals surface area (Å²) in [5.41, 5.74) is 14.5. The van der Waals surface area contributed by atoms with Gasteiger partial charge in [0.15, 0.2) is 0 Å². The van der Waals surface area contributed by atoms with Gasteiger partial charge in [-0.05, 0) is 94.5 Å². The van der Waals surface area contributed by atoms with Crippen molar-refractivity contribution in [3.05, 3.63) is 206 Å². The van der Waals surface area contributed by atoms with Gasteiger partial charge in [0.05, 0.1) is 27.8 Å². The van der Waals surface area contributed by atoms with Crippen molar-refractivity contribution >= 4 is 75.1 Å². The van der Waals surface area contributed by atoms with Crippen molar-refractivity contribution in [2.45, 2.75) is 0 Å². The number of hydrogen-bond donors (Lipinski definition) is 0. The SMILES string of the molecule is c1ccc(-n2c3ccccc3c3cc(-c4cccc(-c5ccccc5-n5c6ccccc6c6cc(-c7cccc8c7sc7ccccc78)ccc65)c4)ccc32)cc1. The average molecular weight is 743 g/mol. The Morgan fingerprint density at radius 3 is 1.65 bits per heavy atom. The average Bonchev–Trinajstić information content (AvgIpc) is 3.94. The van der Waals surface area contributed by atoms with Crippen molar-refractivity contribution in [3.63, 3.8) is 0 Å². The number of thiophene rings is 1. The van der Waals surface area contributed by atoms with Crippen LogP contribution in [-0.4, -0.2) is 9.13 Å². The van der Waals surface area contributed by atoms with E-state index in [9.17, 15) is 0 Å². The molecular formula is C54H34N2S. The summed E-state index contributed by atoms with van der Waals surface area (Å²) in [6.45, 7) is 0. The fourth-order valence-electron chi connectivity index (χ4n) is 9.16. The highest BCUT2D eigenvalue weighted by Gasteiger charge is 2.19.